The van der Waals surface area contributed by atoms with Crippen LogP contribution in [-0.2, 0) is 4.79 Å². The van der Waals surface area contributed by atoms with Gasteiger partial charge < -0.3 is 9.84 Å². The quantitative estimate of drug-likeness (QED) is 0.561. The van der Waals surface area contributed by atoms with Gasteiger partial charge in [0.15, 0.2) is 0 Å². The molecule has 1 aliphatic rings. The summed E-state index contributed by atoms with van der Waals surface area (Å²) < 4.78 is 5.54. The van der Waals surface area contributed by atoms with E-state index in [2.05, 4.69) is 0 Å². The number of anilines is 2. The second-order valence-corrected chi connectivity index (χ2v) is 7.28. The molecule has 3 aromatic carbocycles. The molecule has 30 heavy (non-hydrogen) atoms. The lowest BCUT2D eigenvalue weighted by molar-refractivity contribution is -0.112. The van der Waals surface area contributed by atoms with Crippen molar-refractivity contribution in [1.82, 2.24) is 0 Å². The van der Waals surface area contributed by atoms with E-state index in [0.717, 1.165) is 11.1 Å². The Morgan fingerprint density at radius 2 is 1.77 bits per heavy atom. The van der Waals surface area contributed by atoms with E-state index in [1.54, 1.807) is 42.4 Å². The van der Waals surface area contributed by atoms with Gasteiger partial charge in [-0.2, -0.15) is 0 Å². The monoisotopic (exact) mass is 419 g/mol. The number of aryl methyl sites for hydroxylation is 1. The summed E-state index contributed by atoms with van der Waals surface area (Å²) in [6.07, 6.45) is 1.78. The van der Waals surface area contributed by atoms with Crippen LogP contribution in [0.2, 0.25) is 5.02 Å². The van der Waals surface area contributed by atoms with Crippen LogP contribution in [0.3, 0.4) is 0 Å². The molecule has 0 unspecified atom stereocenters. The van der Waals surface area contributed by atoms with Gasteiger partial charge in [-0.3, -0.25) is 9.69 Å². The van der Waals surface area contributed by atoms with Crippen LogP contribution in [0.5, 0.6) is 5.75 Å². The Hall–Kier alpha value is -3.57. The number of methoxy groups -OCH3 is 1. The van der Waals surface area contributed by atoms with E-state index in [1.165, 1.54) is 12.1 Å². The maximum Gasteiger partial charge on any atom is 0.335 e. The van der Waals surface area contributed by atoms with Crippen molar-refractivity contribution >= 4 is 46.5 Å². The van der Waals surface area contributed by atoms with Crippen LogP contribution in [0.1, 0.15) is 27.0 Å². The fourth-order valence-corrected chi connectivity index (χ4v) is 3.88. The molecule has 6 heteroatoms. The zero-order valence-corrected chi connectivity index (χ0v) is 17.1. The molecule has 0 fully saturated rings. The number of hydrogen-bond acceptors (Lipinski definition) is 3. The first-order valence-electron chi connectivity index (χ1n) is 9.24. The Morgan fingerprint density at radius 1 is 1.07 bits per heavy atom. The summed E-state index contributed by atoms with van der Waals surface area (Å²) in [5.74, 6) is -0.690. The summed E-state index contributed by atoms with van der Waals surface area (Å²) >= 11 is 6.40. The zero-order valence-electron chi connectivity index (χ0n) is 16.3. The predicted octanol–water partition coefficient (Wildman–Crippen LogP) is 5.57. The Morgan fingerprint density at radius 3 is 2.40 bits per heavy atom. The smallest absolute Gasteiger partial charge is 0.335 e. The van der Waals surface area contributed by atoms with Crippen LogP contribution >= 0.6 is 11.6 Å². The largest absolute Gasteiger partial charge is 0.496 e. The SMILES string of the molecule is COc1cccc2c1/C(=C\c1c(C)cccc1Cl)C(=O)N2c1ccc(C(=O)O)cc1. The highest BCUT2D eigenvalue weighted by atomic mass is 35.5. The van der Waals surface area contributed by atoms with E-state index in [0.29, 0.717) is 33.3 Å². The number of amides is 1. The van der Waals surface area contributed by atoms with Crippen molar-refractivity contribution in [3.05, 3.63) is 87.9 Å². The first-order chi connectivity index (χ1) is 14.4. The molecule has 0 aromatic heterocycles. The minimum atomic E-state index is -1.02. The van der Waals surface area contributed by atoms with E-state index in [-0.39, 0.29) is 11.5 Å². The third-order valence-electron chi connectivity index (χ3n) is 5.10. The fourth-order valence-electron chi connectivity index (χ4n) is 3.60. The first-order valence-corrected chi connectivity index (χ1v) is 9.62. The standard InChI is InChI=1S/C24H18ClNO4/c1-14-5-3-6-19(25)17(14)13-18-22-20(7-4-8-21(22)30-2)26(23(18)27)16-11-9-15(10-12-16)24(28)29/h3-13H,1-2H3,(H,28,29)/b18-13+. The third-order valence-corrected chi connectivity index (χ3v) is 5.43. The van der Waals surface area contributed by atoms with Gasteiger partial charge in [0, 0.05) is 10.7 Å². The van der Waals surface area contributed by atoms with Crippen LogP contribution in [0.25, 0.3) is 11.6 Å². The van der Waals surface area contributed by atoms with E-state index in [4.69, 9.17) is 21.4 Å². The Balaban J connectivity index is 1.92. The molecule has 0 spiro atoms. The molecule has 1 amide bonds. The average Bonchev–Trinajstić information content (AvgIpc) is 3.02. The molecule has 0 aliphatic carbocycles. The molecular formula is C24H18ClNO4. The highest BCUT2D eigenvalue weighted by molar-refractivity contribution is 6.40. The second kappa shape index (κ2) is 7.69. The van der Waals surface area contributed by atoms with Crippen molar-refractivity contribution in [2.45, 2.75) is 6.92 Å². The molecule has 150 valence electrons. The van der Waals surface area contributed by atoms with Gasteiger partial charge >= 0.3 is 5.97 Å². The number of fused-ring (bicyclic) bond motifs is 1. The van der Waals surface area contributed by atoms with Crippen molar-refractivity contribution in [2.75, 3.05) is 12.0 Å². The van der Waals surface area contributed by atoms with Crippen LogP contribution in [0, 0.1) is 6.92 Å². The zero-order chi connectivity index (χ0) is 21.4. The van der Waals surface area contributed by atoms with Gasteiger partial charge in [-0.15, -0.1) is 0 Å². The minimum absolute atomic E-state index is 0.152. The molecule has 0 saturated heterocycles. The van der Waals surface area contributed by atoms with Gasteiger partial charge in [0.05, 0.1) is 29.5 Å². The number of ether oxygens (including phenoxy) is 1. The van der Waals surface area contributed by atoms with Crippen LogP contribution in [0.15, 0.2) is 60.7 Å². The molecule has 0 atom stereocenters. The van der Waals surface area contributed by atoms with Gasteiger partial charge in [-0.05, 0) is 66.6 Å². The maximum atomic E-state index is 13.5. The molecule has 1 aliphatic heterocycles. The molecule has 0 radical (unpaired) electrons. The number of benzene rings is 3. The van der Waals surface area contributed by atoms with Crippen molar-refractivity contribution in [2.24, 2.45) is 0 Å². The highest BCUT2D eigenvalue weighted by Gasteiger charge is 2.36. The summed E-state index contributed by atoms with van der Waals surface area (Å²) in [6.45, 7) is 1.93. The summed E-state index contributed by atoms with van der Waals surface area (Å²) in [4.78, 5) is 26.3. The van der Waals surface area contributed by atoms with Crippen LogP contribution < -0.4 is 9.64 Å². The van der Waals surface area contributed by atoms with E-state index >= 15 is 0 Å². The number of carbonyl (C=O) groups is 2. The normalized spacial score (nSPS) is 14.2. The molecule has 1 heterocycles. The Kier molecular flexibility index (Phi) is 5.06. The predicted molar refractivity (Wildman–Crippen MR) is 118 cm³/mol. The lowest BCUT2D eigenvalue weighted by Gasteiger charge is -2.17. The van der Waals surface area contributed by atoms with Gasteiger partial charge in [0.25, 0.3) is 5.91 Å². The van der Waals surface area contributed by atoms with Crippen molar-refractivity contribution < 1.29 is 19.4 Å². The molecule has 5 nitrogen and oxygen atoms in total. The number of carbonyl (C=O) groups excluding carboxylic acids is 1. The fraction of sp³-hybridized carbons (Fsp3) is 0.0833. The van der Waals surface area contributed by atoms with Gasteiger partial charge in [0.2, 0.25) is 0 Å². The number of nitrogens with zero attached hydrogens (tertiary/aromatic N) is 1. The lowest BCUT2D eigenvalue weighted by atomic mass is 10.0. The van der Waals surface area contributed by atoms with E-state index in [9.17, 15) is 9.59 Å². The van der Waals surface area contributed by atoms with Crippen LogP contribution in [0.4, 0.5) is 11.4 Å². The summed E-state index contributed by atoms with van der Waals surface area (Å²) in [5, 5.41) is 9.71. The maximum absolute atomic E-state index is 13.5. The number of hydrogen-bond donors (Lipinski definition) is 1. The number of aromatic carboxylic acids is 1. The van der Waals surface area contributed by atoms with Gasteiger partial charge in [-0.25, -0.2) is 4.79 Å². The van der Waals surface area contributed by atoms with E-state index in [1.807, 2.05) is 31.2 Å². The van der Waals surface area contributed by atoms with Crippen molar-refractivity contribution in [3.63, 3.8) is 0 Å². The summed E-state index contributed by atoms with van der Waals surface area (Å²) in [7, 11) is 1.56. The van der Waals surface area contributed by atoms with Gasteiger partial charge in [-0.1, -0.05) is 29.8 Å². The third kappa shape index (κ3) is 3.23. The summed E-state index contributed by atoms with van der Waals surface area (Å²) in [6, 6.07) is 17.2. The first kappa shape index (κ1) is 19.7. The number of halogens is 1. The molecule has 1 N–H and O–H groups in total. The summed E-state index contributed by atoms with van der Waals surface area (Å²) in [5.41, 5.74) is 4.23. The molecule has 0 saturated carbocycles. The van der Waals surface area contributed by atoms with Crippen molar-refractivity contribution in [3.8, 4) is 5.75 Å². The molecule has 4 rings (SSSR count). The van der Waals surface area contributed by atoms with E-state index < -0.39 is 5.97 Å². The Bertz CT molecular complexity index is 1180. The number of rotatable bonds is 4. The topological polar surface area (TPSA) is 66.8 Å². The molecule has 3 aromatic rings. The Labute approximate surface area is 178 Å². The average molecular weight is 420 g/mol. The van der Waals surface area contributed by atoms with Crippen LogP contribution in [-0.4, -0.2) is 24.1 Å². The number of carboxylic acids is 1. The lowest BCUT2D eigenvalue weighted by Crippen LogP contribution is -2.20. The second-order valence-electron chi connectivity index (χ2n) is 6.88. The van der Waals surface area contributed by atoms with Crippen molar-refractivity contribution in [1.29, 1.82) is 0 Å². The minimum Gasteiger partial charge on any atom is -0.496 e. The molecular weight excluding hydrogens is 402 g/mol. The number of carboxylic acid groups (broad SMARTS) is 1. The van der Waals surface area contributed by atoms with Gasteiger partial charge in [0.1, 0.15) is 5.75 Å². The highest BCUT2D eigenvalue weighted by Crippen LogP contribution is 2.47. The molecule has 0 bridgehead atoms.